The van der Waals surface area contributed by atoms with Gasteiger partial charge in [-0.25, -0.2) is 0 Å². The highest BCUT2D eigenvalue weighted by Gasteiger charge is 2.49. The van der Waals surface area contributed by atoms with Crippen LogP contribution in [0.2, 0.25) is 0 Å². The number of halogens is 3. The minimum atomic E-state index is -4.45. The number of likely N-dealkylation sites (tertiary alicyclic amines) is 1. The van der Waals surface area contributed by atoms with E-state index in [0.29, 0.717) is 0 Å². The van der Waals surface area contributed by atoms with Crippen LogP contribution >= 0.6 is 0 Å². The Morgan fingerprint density at radius 1 is 1.31 bits per heavy atom. The van der Waals surface area contributed by atoms with Gasteiger partial charge in [0.25, 0.3) is 0 Å². The second-order valence-electron chi connectivity index (χ2n) is 4.15. The zero-order valence-corrected chi connectivity index (χ0v) is 8.98. The maximum absolute atomic E-state index is 12.8. The number of nitrogens with two attached hydrogens (primary N) is 1. The molecule has 4 N–H and O–H groups in total. The second kappa shape index (κ2) is 4.87. The van der Waals surface area contributed by atoms with Crippen LogP contribution in [0.25, 0.3) is 0 Å². The minimum Gasteiger partial charge on any atom is -0.389 e. The SMILES string of the molecule is CCC(N)C(N1CC(O)C(O)C1)C(F)(F)F. The first kappa shape index (κ1) is 13.7. The molecule has 0 radical (unpaired) electrons. The van der Waals surface area contributed by atoms with Crippen LogP contribution in [-0.2, 0) is 0 Å². The van der Waals surface area contributed by atoms with Crippen LogP contribution in [0, 0.1) is 0 Å². The first-order valence-corrected chi connectivity index (χ1v) is 5.19. The molecule has 4 atom stereocenters. The summed E-state index contributed by atoms with van der Waals surface area (Å²) in [6, 6.07) is -2.85. The van der Waals surface area contributed by atoms with E-state index >= 15 is 0 Å². The summed E-state index contributed by atoms with van der Waals surface area (Å²) in [6.45, 7) is 1.18. The number of alkyl halides is 3. The number of aliphatic hydroxyl groups excluding tert-OH is 2. The molecule has 1 aliphatic rings. The highest BCUT2D eigenvalue weighted by atomic mass is 19.4. The van der Waals surface area contributed by atoms with Crippen LogP contribution in [0.4, 0.5) is 13.2 Å². The monoisotopic (exact) mass is 242 g/mol. The first-order valence-electron chi connectivity index (χ1n) is 5.19. The lowest BCUT2D eigenvalue weighted by molar-refractivity contribution is -0.187. The van der Waals surface area contributed by atoms with E-state index in [1.165, 1.54) is 0 Å². The van der Waals surface area contributed by atoms with Crippen molar-refractivity contribution < 1.29 is 23.4 Å². The highest BCUT2D eigenvalue weighted by molar-refractivity contribution is 4.94. The summed E-state index contributed by atoms with van der Waals surface area (Å²) in [6.07, 6.45) is -6.52. The Hall–Kier alpha value is -0.370. The van der Waals surface area contributed by atoms with E-state index in [4.69, 9.17) is 5.73 Å². The highest BCUT2D eigenvalue weighted by Crippen LogP contribution is 2.30. The lowest BCUT2D eigenvalue weighted by Crippen LogP contribution is -2.55. The molecule has 0 aromatic heterocycles. The van der Waals surface area contributed by atoms with Gasteiger partial charge in [0.05, 0.1) is 12.2 Å². The van der Waals surface area contributed by atoms with Crippen molar-refractivity contribution in [3.05, 3.63) is 0 Å². The van der Waals surface area contributed by atoms with Gasteiger partial charge in [-0.05, 0) is 6.42 Å². The predicted molar refractivity (Wildman–Crippen MR) is 51.7 cm³/mol. The van der Waals surface area contributed by atoms with E-state index in [9.17, 15) is 23.4 Å². The molecule has 16 heavy (non-hydrogen) atoms. The molecule has 0 aromatic carbocycles. The zero-order chi connectivity index (χ0) is 12.5. The molecule has 0 bridgehead atoms. The van der Waals surface area contributed by atoms with Gasteiger partial charge in [0.2, 0.25) is 0 Å². The number of hydrogen-bond acceptors (Lipinski definition) is 4. The molecule has 4 nitrogen and oxygen atoms in total. The van der Waals surface area contributed by atoms with E-state index in [-0.39, 0.29) is 19.5 Å². The zero-order valence-electron chi connectivity index (χ0n) is 8.98. The van der Waals surface area contributed by atoms with Crippen molar-refractivity contribution in [3.63, 3.8) is 0 Å². The number of β-amino-alcohol motifs (C(OH)–C–C–N with tert-alkyl or cyclic N) is 2. The smallest absolute Gasteiger partial charge is 0.389 e. The number of rotatable bonds is 3. The van der Waals surface area contributed by atoms with E-state index in [0.717, 1.165) is 4.90 Å². The standard InChI is InChI=1S/C9H17F3N2O2/c1-2-5(13)8(9(10,11)12)14-3-6(15)7(16)4-14/h5-8,15-16H,2-4,13H2,1H3. The van der Waals surface area contributed by atoms with Gasteiger partial charge in [0.1, 0.15) is 6.04 Å². The van der Waals surface area contributed by atoms with E-state index in [1.54, 1.807) is 6.92 Å². The lowest BCUT2D eigenvalue weighted by atomic mass is 10.0. The fraction of sp³-hybridized carbons (Fsp3) is 1.00. The van der Waals surface area contributed by atoms with E-state index < -0.39 is 30.5 Å². The molecular formula is C9H17F3N2O2. The maximum Gasteiger partial charge on any atom is 0.405 e. The molecule has 0 amide bonds. The molecule has 0 saturated carbocycles. The minimum absolute atomic E-state index is 0.187. The normalized spacial score (nSPS) is 31.7. The Morgan fingerprint density at radius 2 is 1.75 bits per heavy atom. The first-order chi connectivity index (χ1) is 7.27. The van der Waals surface area contributed by atoms with Crippen molar-refractivity contribution in [2.75, 3.05) is 13.1 Å². The third kappa shape index (κ3) is 2.85. The molecule has 1 fully saturated rings. The fourth-order valence-electron chi connectivity index (χ4n) is 1.97. The van der Waals surface area contributed by atoms with Crippen LogP contribution in [0.1, 0.15) is 13.3 Å². The summed E-state index contributed by atoms with van der Waals surface area (Å²) in [5.41, 5.74) is 5.45. The molecule has 1 heterocycles. The van der Waals surface area contributed by atoms with Gasteiger partial charge < -0.3 is 15.9 Å². The van der Waals surface area contributed by atoms with Gasteiger partial charge >= 0.3 is 6.18 Å². The van der Waals surface area contributed by atoms with Crippen molar-refractivity contribution in [1.82, 2.24) is 4.90 Å². The molecule has 0 aromatic rings. The number of aliphatic hydroxyl groups is 2. The largest absolute Gasteiger partial charge is 0.405 e. The van der Waals surface area contributed by atoms with E-state index in [1.807, 2.05) is 0 Å². The van der Waals surface area contributed by atoms with Gasteiger partial charge in [-0.3, -0.25) is 4.90 Å². The Labute approximate surface area is 91.8 Å². The molecule has 0 aliphatic carbocycles. The molecule has 1 saturated heterocycles. The molecule has 1 aliphatic heterocycles. The molecule has 0 spiro atoms. The fourth-order valence-corrected chi connectivity index (χ4v) is 1.97. The molecule has 96 valence electrons. The van der Waals surface area contributed by atoms with Gasteiger partial charge in [-0.1, -0.05) is 6.92 Å². The molecule has 1 rings (SSSR count). The van der Waals surface area contributed by atoms with Crippen molar-refractivity contribution in [2.45, 2.75) is 43.8 Å². The Kier molecular flexibility index (Phi) is 4.17. The van der Waals surface area contributed by atoms with Crippen LogP contribution in [-0.4, -0.2) is 58.7 Å². The summed E-state index contributed by atoms with van der Waals surface area (Å²) < 4.78 is 38.3. The van der Waals surface area contributed by atoms with Gasteiger partial charge in [0, 0.05) is 19.1 Å². The van der Waals surface area contributed by atoms with Gasteiger partial charge in [0.15, 0.2) is 0 Å². The molecule has 7 heteroatoms. The Balaban J connectivity index is 2.79. The van der Waals surface area contributed by atoms with Crippen LogP contribution in [0.5, 0.6) is 0 Å². The maximum atomic E-state index is 12.8. The summed E-state index contributed by atoms with van der Waals surface area (Å²) in [5.74, 6) is 0. The van der Waals surface area contributed by atoms with Gasteiger partial charge in [-0.2, -0.15) is 13.2 Å². The second-order valence-corrected chi connectivity index (χ2v) is 4.15. The van der Waals surface area contributed by atoms with Crippen molar-refractivity contribution in [2.24, 2.45) is 5.73 Å². The average molecular weight is 242 g/mol. The number of nitrogens with zero attached hydrogens (tertiary/aromatic N) is 1. The van der Waals surface area contributed by atoms with Crippen molar-refractivity contribution >= 4 is 0 Å². The quantitative estimate of drug-likeness (QED) is 0.635. The van der Waals surface area contributed by atoms with Crippen molar-refractivity contribution in [3.8, 4) is 0 Å². The Morgan fingerprint density at radius 3 is 2.06 bits per heavy atom. The third-order valence-corrected chi connectivity index (χ3v) is 2.89. The lowest BCUT2D eigenvalue weighted by Gasteiger charge is -2.33. The summed E-state index contributed by atoms with van der Waals surface area (Å²) in [5, 5.41) is 18.5. The van der Waals surface area contributed by atoms with Crippen LogP contribution < -0.4 is 5.73 Å². The van der Waals surface area contributed by atoms with Crippen LogP contribution in [0.15, 0.2) is 0 Å². The topological polar surface area (TPSA) is 69.7 Å². The number of hydrogen-bond donors (Lipinski definition) is 3. The predicted octanol–water partition coefficient (Wildman–Crippen LogP) is -0.308. The molecular weight excluding hydrogens is 225 g/mol. The van der Waals surface area contributed by atoms with Crippen LogP contribution in [0.3, 0.4) is 0 Å². The van der Waals surface area contributed by atoms with Crippen molar-refractivity contribution in [1.29, 1.82) is 0 Å². The van der Waals surface area contributed by atoms with Gasteiger partial charge in [-0.15, -0.1) is 0 Å². The molecule has 4 unspecified atom stereocenters. The summed E-state index contributed by atoms with van der Waals surface area (Å²) in [7, 11) is 0. The summed E-state index contributed by atoms with van der Waals surface area (Å²) in [4.78, 5) is 1.00. The average Bonchev–Trinajstić information content (AvgIpc) is 2.44. The third-order valence-electron chi connectivity index (χ3n) is 2.89. The summed E-state index contributed by atoms with van der Waals surface area (Å²) >= 11 is 0. The van der Waals surface area contributed by atoms with E-state index in [2.05, 4.69) is 0 Å². The Bertz CT molecular complexity index is 227.